The molecule has 0 saturated carbocycles. The average molecular weight is 579 g/mol. The van der Waals surface area contributed by atoms with Crippen LogP contribution in [0.15, 0.2) is 59.6 Å². The molecular formula is C30H38N6O4S. The number of sulfonamides is 1. The summed E-state index contributed by atoms with van der Waals surface area (Å²) in [4.78, 5) is 11.2. The van der Waals surface area contributed by atoms with Crippen LogP contribution in [-0.2, 0) is 14.8 Å². The summed E-state index contributed by atoms with van der Waals surface area (Å²) in [5.41, 5.74) is 11.3. The van der Waals surface area contributed by atoms with Gasteiger partial charge in [-0.2, -0.15) is 0 Å². The van der Waals surface area contributed by atoms with E-state index in [1.54, 1.807) is 12.3 Å². The van der Waals surface area contributed by atoms with Gasteiger partial charge in [0.15, 0.2) is 0 Å². The Bertz CT molecular complexity index is 1620. The minimum absolute atomic E-state index is 0.00406. The van der Waals surface area contributed by atoms with Crippen molar-refractivity contribution >= 4 is 32.7 Å². The molecule has 1 aliphatic rings. The third-order valence-corrected chi connectivity index (χ3v) is 8.98. The molecule has 0 atom stereocenters. The number of anilines is 2. The summed E-state index contributed by atoms with van der Waals surface area (Å²) < 4.78 is 42.7. The summed E-state index contributed by atoms with van der Waals surface area (Å²) >= 11 is 0. The van der Waals surface area contributed by atoms with Crippen molar-refractivity contribution in [2.45, 2.75) is 38.6 Å². The van der Waals surface area contributed by atoms with Gasteiger partial charge in [-0.1, -0.05) is 33.8 Å². The normalized spacial score (nSPS) is 14.5. The van der Waals surface area contributed by atoms with E-state index in [0.29, 0.717) is 11.5 Å². The summed E-state index contributed by atoms with van der Waals surface area (Å²) in [5, 5.41) is 0. The maximum absolute atomic E-state index is 13.5. The van der Waals surface area contributed by atoms with Crippen LogP contribution in [-0.4, -0.2) is 62.4 Å². The topological polar surface area (TPSA) is 125 Å². The average Bonchev–Trinajstić information content (AvgIpc) is 3.30. The molecule has 11 heteroatoms. The number of imidazole rings is 1. The van der Waals surface area contributed by atoms with Crippen LogP contribution in [0.1, 0.15) is 27.7 Å². The number of benzene rings is 2. The molecule has 3 N–H and O–H groups in total. The molecule has 0 amide bonds. The predicted octanol–water partition coefficient (Wildman–Crippen LogP) is 4.47. The zero-order valence-corrected chi connectivity index (χ0v) is 25.0. The SMILES string of the molecule is COc1ncc(-c2ccc3nc(N)n(-c4ccc(N5CCOCC5)cc4)c3c2)cc1S(=O)(=O)NC(C(C)C)C(C)C. The van der Waals surface area contributed by atoms with Crippen LogP contribution < -0.4 is 20.1 Å². The Hall–Kier alpha value is -3.67. The second kappa shape index (κ2) is 11.7. The lowest BCUT2D eigenvalue weighted by Gasteiger charge is -2.29. The molecule has 2 aromatic heterocycles. The van der Waals surface area contributed by atoms with E-state index in [1.165, 1.54) is 7.11 Å². The van der Waals surface area contributed by atoms with Crippen molar-refractivity contribution in [2.75, 3.05) is 44.0 Å². The minimum atomic E-state index is -3.91. The first-order chi connectivity index (χ1) is 19.6. The van der Waals surface area contributed by atoms with Crippen LogP contribution in [0.4, 0.5) is 11.6 Å². The Morgan fingerprint density at radius 1 is 0.951 bits per heavy atom. The van der Waals surface area contributed by atoms with E-state index in [-0.39, 0.29) is 28.7 Å². The lowest BCUT2D eigenvalue weighted by atomic mass is 9.94. The van der Waals surface area contributed by atoms with Gasteiger partial charge in [0.2, 0.25) is 21.9 Å². The van der Waals surface area contributed by atoms with Crippen molar-refractivity contribution in [1.82, 2.24) is 19.3 Å². The highest BCUT2D eigenvalue weighted by Gasteiger charge is 2.28. The Balaban J connectivity index is 1.52. The first-order valence-electron chi connectivity index (χ1n) is 13.9. The predicted molar refractivity (Wildman–Crippen MR) is 162 cm³/mol. The highest BCUT2D eigenvalue weighted by Crippen LogP contribution is 2.32. The molecular weight excluding hydrogens is 540 g/mol. The standard InChI is InChI=1S/C30H38N6O4S/c1-19(2)28(20(3)4)34-41(37,38)27-17-22(18-32-29(27)39-5)21-6-11-25-26(16-21)36(30(31)33-25)24-9-7-23(8-10-24)35-12-14-40-15-13-35/h6-11,16-20,28,34H,12-15H2,1-5H3,(H2,31,33). The van der Waals surface area contributed by atoms with Gasteiger partial charge in [0.05, 0.1) is 31.4 Å². The van der Waals surface area contributed by atoms with E-state index in [9.17, 15) is 8.42 Å². The van der Waals surface area contributed by atoms with Gasteiger partial charge < -0.3 is 20.1 Å². The number of fused-ring (bicyclic) bond motifs is 1. The van der Waals surface area contributed by atoms with Crippen LogP contribution in [0.2, 0.25) is 0 Å². The van der Waals surface area contributed by atoms with Gasteiger partial charge in [-0.25, -0.2) is 23.1 Å². The molecule has 4 aromatic rings. The number of hydrogen-bond acceptors (Lipinski definition) is 8. The number of pyridine rings is 1. The number of nitrogens with two attached hydrogens (primary N) is 1. The highest BCUT2D eigenvalue weighted by atomic mass is 32.2. The van der Waals surface area contributed by atoms with Crippen LogP contribution in [0.5, 0.6) is 5.88 Å². The largest absolute Gasteiger partial charge is 0.480 e. The molecule has 1 fully saturated rings. The number of nitrogen functional groups attached to an aromatic ring is 1. The molecule has 1 aliphatic heterocycles. The number of methoxy groups -OCH3 is 1. The summed E-state index contributed by atoms with van der Waals surface area (Å²) in [6.45, 7) is 11.2. The molecule has 10 nitrogen and oxygen atoms in total. The summed E-state index contributed by atoms with van der Waals surface area (Å²) in [6.07, 6.45) is 1.61. The first-order valence-corrected chi connectivity index (χ1v) is 15.3. The molecule has 0 bridgehead atoms. The maximum Gasteiger partial charge on any atom is 0.246 e. The fourth-order valence-electron chi connectivity index (χ4n) is 5.40. The molecule has 0 aliphatic carbocycles. The lowest BCUT2D eigenvalue weighted by Crippen LogP contribution is -2.42. The van der Waals surface area contributed by atoms with Crippen molar-refractivity contribution in [3.05, 3.63) is 54.7 Å². The third kappa shape index (κ3) is 5.88. The Morgan fingerprint density at radius 3 is 2.24 bits per heavy atom. The molecule has 3 heterocycles. The Labute approximate surface area is 241 Å². The molecule has 218 valence electrons. The van der Waals surface area contributed by atoms with Crippen molar-refractivity contribution in [3.63, 3.8) is 0 Å². The van der Waals surface area contributed by atoms with Crippen LogP contribution in [0.3, 0.4) is 0 Å². The molecule has 0 radical (unpaired) electrons. The van der Waals surface area contributed by atoms with Gasteiger partial charge in [0, 0.05) is 42.3 Å². The maximum atomic E-state index is 13.5. The smallest absolute Gasteiger partial charge is 0.246 e. The first kappa shape index (κ1) is 28.8. The minimum Gasteiger partial charge on any atom is -0.480 e. The number of aromatic nitrogens is 3. The van der Waals surface area contributed by atoms with Crippen molar-refractivity contribution in [3.8, 4) is 22.7 Å². The molecule has 0 unspecified atom stereocenters. The molecule has 5 rings (SSSR count). The fourth-order valence-corrected chi connectivity index (χ4v) is 7.08. The van der Waals surface area contributed by atoms with Crippen molar-refractivity contribution in [1.29, 1.82) is 0 Å². The molecule has 41 heavy (non-hydrogen) atoms. The van der Waals surface area contributed by atoms with Gasteiger partial charge in [-0.05, 0) is 59.9 Å². The van der Waals surface area contributed by atoms with E-state index in [4.69, 9.17) is 15.2 Å². The molecule has 2 aromatic carbocycles. The van der Waals surface area contributed by atoms with E-state index < -0.39 is 10.0 Å². The number of hydrogen-bond donors (Lipinski definition) is 2. The number of nitrogens with zero attached hydrogens (tertiary/aromatic N) is 4. The van der Waals surface area contributed by atoms with Crippen molar-refractivity contribution < 1.29 is 17.9 Å². The van der Waals surface area contributed by atoms with Crippen LogP contribution >= 0.6 is 0 Å². The quantitative estimate of drug-likeness (QED) is 0.298. The highest BCUT2D eigenvalue weighted by molar-refractivity contribution is 7.89. The summed E-state index contributed by atoms with van der Waals surface area (Å²) in [6, 6.07) is 15.3. The monoisotopic (exact) mass is 578 g/mol. The fraction of sp³-hybridized carbons (Fsp3) is 0.400. The number of ether oxygens (including phenoxy) is 2. The van der Waals surface area contributed by atoms with Gasteiger partial charge in [0.1, 0.15) is 4.90 Å². The van der Waals surface area contributed by atoms with Gasteiger partial charge >= 0.3 is 0 Å². The lowest BCUT2D eigenvalue weighted by molar-refractivity contribution is 0.122. The van der Waals surface area contributed by atoms with Crippen molar-refractivity contribution in [2.24, 2.45) is 11.8 Å². The van der Waals surface area contributed by atoms with E-state index >= 15 is 0 Å². The Morgan fingerprint density at radius 2 is 1.61 bits per heavy atom. The number of morpholine rings is 1. The van der Waals surface area contributed by atoms with Crippen LogP contribution in [0, 0.1) is 11.8 Å². The second-order valence-corrected chi connectivity index (χ2v) is 12.7. The Kier molecular flexibility index (Phi) is 8.21. The van der Waals surface area contributed by atoms with Crippen LogP contribution in [0.25, 0.3) is 27.8 Å². The number of rotatable bonds is 9. The van der Waals surface area contributed by atoms with E-state index in [0.717, 1.165) is 54.3 Å². The molecule has 0 spiro atoms. The second-order valence-electron chi connectivity index (χ2n) is 11.0. The number of nitrogens with one attached hydrogen (secondary N) is 1. The summed E-state index contributed by atoms with van der Waals surface area (Å²) in [5.74, 6) is 0.638. The zero-order chi connectivity index (χ0) is 29.3. The van der Waals surface area contributed by atoms with Gasteiger partial charge in [-0.3, -0.25) is 4.57 Å². The van der Waals surface area contributed by atoms with E-state index in [1.807, 2.05) is 62.6 Å². The molecule has 1 saturated heterocycles. The summed E-state index contributed by atoms with van der Waals surface area (Å²) in [7, 11) is -2.49. The third-order valence-electron chi connectivity index (χ3n) is 7.53. The van der Waals surface area contributed by atoms with E-state index in [2.05, 4.69) is 31.7 Å². The van der Waals surface area contributed by atoms with Gasteiger partial charge in [0.25, 0.3) is 0 Å². The van der Waals surface area contributed by atoms with Gasteiger partial charge in [-0.15, -0.1) is 0 Å². The zero-order valence-electron chi connectivity index (χ0n) is 24.2.